The summed E-state index contributed by atoms with van der Waals surface area (Å²) >= 11 is 0. The van der Waals surface area contributed by atoms with Crippen LogP contribution in [-0.4, -0.2) is 47.7 Å². The zero-order chi connectivity index (χ0) is 28.6. The number of aromatic hydroxyl groups is 2. The van der Waals surface area contributed by atoms with Crippen LogP contribution in [0.1, 0.15) is 68.9 Å². The monoisotopic (exact) mass is 595 g/mol. The number of carbonyl (C=O) groups is 1. The van der Waals surface area contributed by atoms with Crippen LogP contribution in [0.25, 0.3) is 21.9 Å². The van der Waals surface area contributed by atoms with Crippen molar-refractivity contribution in [2.45, 2.75) is 82.1 Å². The minimum Gasteiger partial charge on any atom is -0.508 e. The molecule has 220 valence electrons. The van der Waals surface area contributed by atoms with E-state index in [1.165, 1.54) is 25.7 Å². The SMILES string of the molecule is COc1c(O)ccc2c1-c1ccc3ccc(O)cc3c1CSSCCCC[C@@H](OCNC1CCCC1)CC(=O)CC2. The zero-order valence-corrected chi connectivity index (χ0v) is 25.5. The zero-order valence-electron chi connectivity index (χ0n) is 23.8. The number of phenols is 2. The Labute approximate surface area is 251 Å². The standard InChI is InChI=1S/C33H41NO5S2/c1-38-33-31(37)16-12-23-10-14-25(35)18-27(39-21-34-24-6-2-3-7-24)8-4-5-17-40-41-20-30-28(32(23)33)15-11-22-9-13-26(36)19-29(22)30/h9,11-13,15-16,19,24,27,34,36-37H,2-8,10,14,17-18,20-21H2,1H3/t27-/m1/s1. The minimum atomic E-state index is -0.0736. The fraction of sp³-hybridized carbons (Fsp3) is 0.485. The van der Waals surface area contributed by atoms with E-state index >= 15 is 0 Å². The largest absolute Gasteiger partial charge is 0.508 e. The number of ketones is 1. The summed E-state index contributed by atoms with van der Waals surface area (Å²) in [5.41, 5.74) is 3.81. The van der Waals surface area contributed by atoms with E-state index in [-0.39, 0.29) is 23.4 Å². The van der Waals surface area contributed by atoms with E-state index in [1.807, 2.05) is 45.9 Å². The van der Waals surface area contributed by atoms with Crippen LogP contribution in [0.2, 0.25) is 0 Å². The Morgan fingerprint density at radius 3 is 2.59 bits per heavy atom. The van der Waals surface area contributed by atoms with Crippen LogP contribution in [0.4, 0.5) is 0 Å². The molecule has 0 aromatic heterocycles. The van der Waals surface area contributed by atoms with Gasteiger partial charge in [0.1, 0.15) is 11.5 Å². The van der Waals surface area contributed by atoms with E-state index in [0.717, 1.165) is 63.8 Å². The summed E-state index contributed by atoms with van der Waals surface area (Å²) in [5, 5.41) is 26.7. The van der Waals surface area contributed by atoms with Gasteiger partial charge in [-0.05, 0) is 77.8 Å². The molecule has 41 heavy (non-hydrogen) atoms. The van der Waals surface area contributed by atoms with Crippen molar-refractivity contribution in [2.75, 3.05) is 19.6 Å². The summed E-state index contributed by atoms with van der Waals surface area (Å²) in [6.45, 7) is 0.507. The van der Waals surface area contributed by atoms with Crippen LogP contribution in [0, 0.1) is 0 Å². The molecular weight excluding hydrogens is 554 g/mol. The number of Topliss-reactive ketones (excluding diaryl/α,β-unsaturated/α-hetero) is 1. The lowest BCUT2D eigenvalue weighted by Gasteiger charge is -2.21. The molecule has 2 aliphatic rings. The number of aryl methyl sites for hydroxylation is 1. The maximum Gasteiger partial charge on any atom is 0.168 e. The van der Waals surface area contributed by atoms with Gasteiger partial charge in [0.05, 0.1) is 19.9 Å². The molecule has 0 unspecified atom stereocenters. The second-order valence-corrected chi connectivity index (χ2v) is 13.7. The van der Waals surface area contributed by atoms with E-state index in [1.54, 1.807) is 19.2 Å². The van der Waals surface area contributed by atoms with Gasteiger partial charge in [-0.1, -0.05) is 65.1 Å². The number of benzene rings is 3. The lowest BCUT2D eigenvalue weighted by Crippen LogP contribution is -2.31. The van der Waals surface area contributed by atoms with Gasteiger partial charge in [0.15, 0.2) is 11.5 Å². The van der Waals surface area contributed by atoms with Crippen LogP contribution in [0.5, 0.6) is 17.2 Å². The number of phenolic OH excluding ortho intramolecular Hbond substituents is 2. The summed E-state index contributed by atoms with van der Waals surface area (Å²) < 4.78 is 12.0. The van der Waals surface area contributed by atoms with Crippen LogP contribution < -0.4 is 10.1 Å². The molecule has 0 bridgehead atoms. The molecule has 3 aromatic carbocycles. The number of methoxy groups -OCH3 is 1. The highest BCUT2D eigenvalue weighted by molar-refractivity contribution is 8.76. The van der Waals surface area contributed by atoms with E-state index in [2.05, 4.69) is 11.4 Å². The van der Waals surface area contributed by atoms with Gasteiger partial charge in [-0.25, -0.2) is 0 Å². The Morgan fingerprint density at radius 1 is 0.951 bits per heavy atom. The van der Waals surface area contributed by atoms with Crippen LogP contribution >= 0.6 is 21.6 Å². The first-order valence-corrected chi connectivity index (χ1v) is 17.3. The number of ether oxygens (including phenoxy) is 2. The van der Waals surface area contributed by atoms with Gasteiger partial charge in [0.2, 0.25) is 0 Å². The first kappa shape index (κ1) is 30.1. The number of hydrogen-bond donors (Lipinski definition) is 3. The van der Waals surface area contributed by atoms with Crippen molar-refractivity contribution in [1.29, 1.82) is 0 Å². The summed E-state index contributed by atoms with van der Waals surface area (Å²) in [7, 11) is 5.23. The lowest BCUT2D eigenvalue weighted by molar-refractivity contribution is -0.122. The summed E-state index contributed by atoms with van der Waals surface area (Å²) in [5.74, 6) is 2.64. The molecule has 1 atom stereocenters. The fourth-order valence-electron chi connectivity index (χ4n) is 6.06. The molecule has 1 fully saturated rings. The average molecular weight is 596 g/mol. The van der Waals surface area contributed by atoms with E-state index in [9.17, 15) is 15.0 Å². The maximum atomic E-state index is 13.3. The maximum absolute atomic E-state index is 13.3. The van der Waals surface area contributed by atoms with Crippen molar-refractivity contribution < 1.29 is 24.5 Å². The fourth-order valence-corrected chi connectivity index (χ4v) is 8.33. The summed E-state index contributed by atoms with van der Waals surface area (Å²) in [6.07, 6.45) is 9.23. The number of nitrogens with one attached hydrogen (secondary N) is 1. The van der Waals surface area contributed by atoms with Crippen molar-refractivity contribution in [3.63, 3.8) is 0 Å². The predicted octanol–water partition coefficient (Wildman–Crippen LogP) is 7.76. The van der Waals surface area contributed by atoms with Crippen LogP contribution in [0.3, 0.4) is 0 Å². The third-order valence-corrected chi connectivity index (χ3v) is 10.7. The normalized spacial score (nSPS) is 19.6. The highest BCUT2D eigenvalue weighted by Gasteiger charge is 2.23. The third kappa shape index (κ3) is 7.72. The second kappa shape index (κ2) is 14.7. The highest BCUT2D eigenvalue weighted by atomic mass is 33.1. The number of hydrogen-bond acceptors (Lipinski definition) is 8. The topological polar surface area (TPSA) is 88.0 Å². The lowest BCUT2D eigenvalue weighted by atomic mass is 9.89. The molecule has 3 N–H and O–H groups in total. The first-order chi connectivity index (χ1) is 20.0. The van der Waals surface area contributed by atoms with Crippen LogP contribution in [0.15, 0.2) is 42.5 Å². The highest BCUT2D eigenvalue weighted by Crippen LogP contribution is 2.45. The summed E-state index contributed by atoms with van der Waals surface area (Å²) in [4.78, 5) is 13.3. The Morgan fingerprint density at radius 2 is 1.76 bits per heavy atom. The van der Waals surface area contributed by atoms with Gasteiger partial charge in [-0.3, -0.25) is 10.1 Å². The summed E-state index contributed by atoms with van der Waals surface area (Å²) in [6, 6.07) is 13.7. The molecule has 6 nitrogen and oxygen atoms in total. The molecule has 8 heteroatoms. The first-order valence-electron chi connectivity index (χ1n) is 14.8. The molecule has 5 rings (SSSR count). The van der Waals surface area contributed by atoms with Gasteiger partial charge in [0.25, 0.3) is 0 Å². The van der Waals surface area contributed by atoms with Crippen molar-refractivity contribution in [3.8, 4) is 28.4 Å². The molecule has 0 saturated heterocycles. The van der Waals surface area contributed by atoms with E-state index < -0.39 is 0 Å². The number of fused-ring (bicyclic) bond motifs is 5. The van der Waals surface area contributed by atoms with Gasteiger partial charge in [-0.15, -0.1) is 0 Å². The van der Waals surface area contributed by atoms with E-state index in [4.69, 9.17) is 9.47 Å². The van der Waals surface area contributed by atoms with Crippen molar-refractivity contribution in [3.05, 3.63) is 53.6 Å². The van der Waals surface area contributed by atoms with Crippen molar-refractivity contribution in [2.24, 2.45) is 0 Å². The molecular formula is C33H41NO5S2. The Kier molecular flexibility index (Phi) is 10.8. The Balaban J connectivity index is 1.44. The Hall–Kier alpha value is -2.39. The second-order valence-electron chi connectivity index (χ2n) is 11.1. The third-order valence-electron chi connectivity index (χ3n) is 8.28. The van der Waals surface area contributed by atoms with Gasteiger partial charge >= 0.3 is 0 Å². The van der Waals surface area contributed by atoms with E-state index in [0.29, 0.717) is 37.8 Å². The molecule has 1 aliphatic carbocycles. The molecule has 1 saturated carbocycles. The van der Waals surface area contributed by atoms with Gasteiger partial charge in [0, 0.05) is 36.0 Å². The molecule has 1 heterocycles. The molecule has 1 aliphatic heterocycles. The quantitative estimate of drug-likeness (QED) is 0.204. The number of carbonyl (C=O) groups excluding carboxylic acids is 1. The average Bonchev–Trinajstić information content (AvgIpc) is 3.49. The van der Waals surface area contributed by atoms with Crippen molar-refractivity contribution >= 4 is 38.1 Å². The predicted molar refractivity (Wildman–Crippen MR) is 170 cm³/mol. The Bertz CT molecular complexity index is 1340. The number of rotatable bonds is 5. The molecule has 0 amide bonds. The molecule has 0 radical (unpaired) electrons. The van der Waals surface area contributed by atoms with Crippen LogP contribution in [-0.2, 0) is 21.7 Å². The smallest absolute Gasteiger partial charge is 0.168 e. The van der Waals surface area contributed by atoms with Gasteiger partial charge in [-0.2, -0.15) is 0 Å². The molecule has 0 spiro atoms. The van der Waals surface area contributed by atoms with Crippen molar-refractivity contribution in [1.82, 2.24) is 5.32 Å². The van der Waals surface area contributed by atoms with Gasteiger partial charge < -0.3 is 19.7 Å². The minimum absolute atomic E-state index is 0.0687. The molecule has 3 aromatic rings.